The van der Waals surface area contributed by atoms with E-state index in [9.17, 15) is 0 Å². The summed E-state index contributed by atoms with van der Waals surface area (Å²) in [5, 5.41) is 7.10. The highest BCUT2D eigenvalue weighted by Crippen LogP contribution is 2.26. The minimum absolute atomic E-state index is 0.555. The zero-order valence-corrected chi connectivity index (χ0v) is 15.5. The fourth-order valence-corrected chi connectivity index (χ4v) is 3.97. The molecular weight excluding hydrogens is 286 g/mol. The smallest absolute Gasteiger partial charge is 0.191 e. The van der Waals surface area contributed by atoms with Gasteiger partial charge in [0, 0.05) is 45.3 Å². The van der Waals surface area contributed by atoms with Crippen LogP contribution in [-0.2, 0) is 0 Å². The van der Waals surface area contributed by atoms with Crippen molar-refractivity contribution in [2.75, 3.05) is 46.3 Å². The molecule has 5 heteroatoms. The van der Waals surface area contributed by atoms with E-state index in [4.69, 9.17) is 0 Å². The number of hydrogen-bond donors (Lipinski definition) is 2. The Hall–Kier alpha value is -0.810. The number of likely N-dealkylation sites (tertiary alicyclic amines) is 1. The topological polar surface area (TPSA) is 42.9 Å². The van der Waals surface area contributed by atoms with Crippen LogP contribution in [0.5, 0.6) is 0 Å². The molecule has 1 atom stereocenters. The van der Waals surface area contributed by atoms with Crippen molar-refractivity contribution in [3.63, 3.8) is 0 Å². The SMILES string of the molecule is CCCN(CC)CCNC(=NC)NC1CCN(C2CCCC2)C1. The zero-order valence-electron chi connectivity index (χ0n) is 15.5. The molecule has 2 aliphatic rings. The summed E-state index contributed by atoms with van der Waals surface area (Å²) in [5.74, 6) is 0.968. The second-order valence-corrected chi connectivity index (χ2v) is 7.00. The second-order valence-electron chi connectivity index (χ2n) is 7.00. The number of rotatable bonds is 8. The molecule has 0 amide bonds. The van der Waals surface area contributed by atoms with E-state index in [-0.39, 0.29) is 0 Å². The van der Waals surface area contributed by atoms with Crippen LogP contribution in [0.4, 0.5) is 0 Å². The van der Waals surface area contributed by atoms with Gasteiger partial charge in [-0.3, -0.25) is 9.89 Å². The fourth-order valence-electron chi connectivity index (χ4n) is 3.97. The summed E-state index contributed by atoms with van der Waals surface area (Å²) in [6, 6.07) is 1.41. The molecule has 2 rings (SSSR count). The van der Waals surface area contributed by atoms with Crippen LogP contribution in [0, 0.1) is 0 Å². The van der Waals surface area contributed by atoms with Gasteiger partial charge in [0.05, 0.1) is 0 Å². The number of guanidine groups is 1. The first-order valence-electron chi connectivity index (χ1n) is 9.70. The first-order chi connectivity index (χ1) is 11.3. The Kier molecular flexibility index (Phi) is 8.17. The molecule has 0 aromatic carbocycles. The Labute approximate surface area is 142 Å². The summed E-state index contributed by atoms with van der Waals surface area (Å²) < 4.78 is 0. The fraction of sp³-hybridized carbons (Fsp3) is 0.944. The van der Waals surface area contributed by atoms with Crippen LogP contribution in [0.2, 0.25) is 0 Å². The molecule has 134 valence electrons. The number of nitrogens with one attached hydrogen (secondary N) is 2. The van der Waals surface area contributed by atoms with Crippen LogP contribution in [0.3, 0.4) is 0 Å². The predicted octanol–water partition coefficient (Wildman–Crippen LogP) is 1.90. The van der Waals surface area contributed by atoms with Crippen molar-refractivity contribution < 1.29 is 0 Å². The van der Waals surface area contributed by atoms with E-state index in [1.165, 1.54) is 58.2 Å². The van der Waals surface area contributed by atoms with Crippen molar-refractivity contribution in [1.29, 1.82) is 0 Å². The lowest BCUT2D eigenvalue weighted by atomic mass is 10.2. The second kappa shape index (κ2) is 10.1. The lowest BCUT2D eigenvalue weighted by Crippen LogP contribution is -2.47. The molecule has 5 nitrogen and oxygen atoms in total. The molecule has 0 aromatic rings. The third kappa shape index (κ3) is 5.96. The Morgan fingerprint density at radius 2 is 1.96 bits per heavy atom. The molecule has 2 N–H and O–H groups in total. The first kappa shape index (κ1) is 18.5. The van der Waals surface area contributed by atoms with Crippen LogP contribution in [0.15, 0.2) is 4.99 Å². The quantitative estimate of drug-likeness (QED) is 0.529. The van der Waals surface area contributed by atoms with Gasteiger partial charge in [-0.1, -0.05) is 26.7 Å². The van der Waals surface area contributed by atoms with Crippen molar-refractivity contribution in [1.82, 2.24) is 20.4 Å². The van der Waals surface area contributed by atoms with Gasteiger partial charge in [-0.05, 0) is 38.8 Å². The summed E-state index contributed by atoms with van der Waals surface area (Å²) in [5.41, 5.74) is 0. The predicted molar refractivity (Wildman–Crippen MR) is 99.1 cm³/mol. The molecule has 1 saturated carbocycles. The first-order valence-corrected chi connectivity index (χ1v) is 9.70. The van der Waals surface area contributed by atoms with Crippen molar-refractivity contribution in [2.45, 2.75) is 64.5 Å². The highest BCUT2D eigenvalue weighted by Gasteiger charge is 2.30. The maximum atomic E-state index is 4.40. The van der Waals surface area contributed by atoms with Crippen LogP contribution in [0.1, 0.15) is 52.4 Å². The van der Waals surface area contributed by atoms with Crippen LogP contribution in [-0.4, -0.2) is 74.2 Å². The Morgan fingerprint density at radius 1 is 1.17 bits per heavy atom. The van der Waals surface area contributed by atoms with Crippen molar-refractivity contribution >= 4 is 5.96 Å². The average molecular weight is 324 g/mol. The van der Waals surface area contributed by atoms with Crippen LogP contribution >= 0.6 is 0 Å². The highest BCUT2D eigenvalue weighted by molar-refractivity contribution is 5.80. The van der Waals surface area contributed by atoms with Gasteiger partial charge in [0.1, 0.15) is 0 Å². The molecule has 1 unspecified atom stereocenters. The summed E-state index contributed by atoms with van der Waals surface area (Å²) >= 11 is 0. The molecule has 0 aromatic heterocycles. The highest BCUT2D eigenvalue weighted by atomic mass is 15.3. The largest absolute Gasteiger partial charge is 0.355 e. The van der Waals surface area contributed by atoms with Crippen LogP contribution < -0.4 is 10.6 Å². The summed E-state index contributed by atoms with van der Waals surface area (Å²) in [4.78, 5) is 9.58. The molecule has 1 aliphatic carbocycles. The lowest BCUT2D eigenvalue weighted by Gasteiger charge is -2.24. The van der Waals surface area contributed by atoms with E-state index in [0.717, 1.165) is 31.6 Å². The van der Waals surface area contributed by atoms with E-state index >= 15 is 0 Å². The van der Waals surface area contributed by atoms with E-state index in [0.29, 0.717) is 6.04 Å². The van der Waals surface area contributed by atoms with Gasteiger partial charge in [0.25, 0.3) is 0 Å². The van der Waals surface area contributed by atoms with E-state index in [2.05, 4.69) is 39.3 Å². The van der Waals surface area contributed by atoms with Gasteiger partial charge in [-0.25, -0.2) is 0 Å². The molecule has 1 aliphatic heterocycles. The molecule has 1 saturated heterocycles. The maximum absolute atomic E-state index is 4.40. The average Bonchev–Trinajstić information content (AvgIpc) is 3.24. The molecule has 1 heterocycles. The van der Waals surface area contributed by atoms with Gasteiger partial charge in [-0.15, -0.1) is 0 Å². The molecule has 0 bridgehead atoms. The van der Waals surface area contributed by atoms with Crippen molar-refractivity contribution in [3.05, 3.63) is 0 Å². The molecule has 0 radical (unpaired) electrons. The lowest BCUT2D eigenvalue weighted by molar-refractivity contribution is 0.242. The van der Waals surface area contributed by atoms with Gasteiger partial charge >= 0.3 is 0 Å². The summed E-state index contributed by atoms with van der Waals surface area (Å²) in [6.07, 6.45) is 8.13. The van der Waals surface area contributed by atoms with Crippen LogP contribution in [0.25, 0.3) is 0 Å². The third-order valence-electron chi connectivity index (χ3n) is 5.33. The molecule has 23 heavy (non-hydrogen) atoms. The Morgan fingerprint density at radius 3 is 2.61 bits per heavy atom. The van der Waals surface area contributed by atoms with Crippen molar-refractivity contribution in [2.24, 2.45) is 4.99 Å². The molecular formula is C18H37N5. The minimum atomic E-state index is 0.555. The zero-order chi connectivity index (χ0) is 16.5. The minimum Gasteiger partial charge on any atom is -0.355 e. The van der Waals surface area contributed by atoms with Gasteiger partial charge in [0.2, 0.25) is 0 Å². The van der Waals surface area contributed by atoms with E-state index < -0.39 is 0 Å². The number of aliphatic imine (C=N–C) groups is 1. The molecule has 2 fully saturated rings. The normalized spacial score (nSPS) is 23.8. The number of likely N-dealkylation sites (N-methyl/N-ethyl adjacent to an activating group) is 1. The Balaban J connectivity index is 1.66. The summed E-state index contributed by atoms with van der Waals surface area (Å²) in [7, 11) is 1.88. The van der Waals surface area contributed by atoms with Gasteiger partial charge in [-0.2, -0.15) is 0 Å². The summed E-state index contributed by atoms with van der Waals surface area (Å²) in [6.45, 7) is 11.3. The maximum Gasteiger partial charge on any atom is 0.191 e. The number of hydrogen-bond acceptors (Lipinski definition) is 3. The molecule has 0 spiro atoms. The van der Waals surface area contributed by atoms with Crippen molar-refractivity contribution in [3.8, 4) is 0 Å². The standard InChI is InChI=1S/C18H37N5/c1-4-12-22(5-2)14-11-20-18(19-3)21-16-10-13-23(15-16)17-8-6-7-9-17/h16-17H,4-15H2,1-3H3,(H2,19,20,21). The van der Waals surface area contributed by atoms with Gasteiger partial charge < -0.3 is 15.5 Å². The monoisotopic (exact) mass is 323 g/mol. The number of nitrogens with zero attached hydrogens (tertiary/aromatic N) is 3. The van der Waals surface area contributed by atoms with Gasteiger partial charge in [0.15, 0.2) is 5.96 Å². The van der Waals surface area contributed by atoms with E-state index in [1.54, 1.807) is 0 Å². The van der Waals surface area contributed by atoms with E-state index in [1.807, 2.05) is 7.05 Å². The third-order valence-corrected chi connectivity index (χ3v) is 5.33. The Bertz CT molecular complexity index is 351.